The Morgan fingerprint density at radius 1 is 0.462 bits per heavy atom. The van der Waals surface area contributed by atoms with Crippen LogP contribution < -0.4 is 0 Å². The number of halogens is 9. The van der Waals surface area contributed by atoms with Gasteiger partial charge < -0.3 is 19.1 Å². The molecule has 0 rings (SSSR count). The molecule has 0 amide bonds. The molecule has 26 heavy (non-hydrogen) atoms. The first-order chi connectivity index (χ1) is 9.75. The third kappa shape index (κ3) is 17.1. The van der Waals surface area contributed by atoms with Crippen LogP contribution in [-0.2, 0) is 49.8 Å². The van der Waals surface area contributed by atoms with E-state index in [4.69, 9.17) is 38.9 Å². The van der Waals surface area contributed by atoms with Gasteiger partial charge in [0, 0.05) is 0 Å². The summed E-state index contributed by atoms with van der Waals surface area (Å²) in [6, 6.07) is 0. The molecule has 0 aliphatic carbocycles. The molecular formula is C3H2F9O10RuS3. The fourth-order valence-electron chi connectivity index (χ4n) is 0. The minimum Gasteiger partial charge on any atom is -0.741 e. The summed E-state index contributed by atoms with van der Waals surface area (Å²) in [5, 5.41) is 0. The van der Waals surface area contributed by atoms with Crippen molar-refractivity contribution in [1.82, 2.24) is 0 Å². The molecule has 23 heteroatoms. The van der Waals surface area contributed by atoms with E-state index < -0.39 is 46.9 Å². The van der Waals surface area contributed by atoms with Crippen LogP contribution in [0.1, 0.15) is 0 Å². The molecule has 0 heterocycles. The zero-order valence-corrected chi connectivity index (χ0v) is 14.8. The summed E-state index contributed by atoms with van der Waals surface area (Å²) in [6.07, 6.45) is 0. The first-order valence-corrected chi connectivity index (χ1v) is 8.04. The standard InChI is InChI=1S/3CHF3O3S.H2O.Ru/c3*2-1(3,4)8(5,6)7;;/h3*(H,5,6,7);1H2;/q;;;;+3/p-3. The van der Waals surface area contributed by atoms with Crippen molar-refractivity contribution in [2.75, 3.05) is 0 Å². The van der Waals surface area contributed by atoms with E-state index in [-0.39, 0.29) is 25.0 Å². The van der Waals surface area contributed by atoms with Crippen LogP contribution in [0.5, 0.6) is 0 Å². The number of alkyl halides is 9. The molecule has 0 aromatic rings. The van der Waals surface area contributed by atoms with E-state index in [9.17, 15) is 39.5 Å². The Bertz CT molecular complexity index is 598. The molecule has 0 unspecified atom stereocenters. The van der Waals surface area contributed by atoms with E-state index in [0.29, 0.717) is 0 Å². The molecule has 0 bridgehead atoms. The van der Waals surface area contributed by atoms with Crippen molar-refractivity contribution in [3.8, 4) is 0 Å². The molecule has 2 N–H and O–H groups in total. The molecular weight excluding hydrogens is 564 g/mol. The van der Waals surface area contributed by atoms with Crippen LogP contribution in [0.4, 0.5) is 39.5 Å². The van der Waals surface area contributed by atoms with Crippen LogP contribution in [0, 0.1) is 0 Å². The van der Waals surface area contributed by atoms with Crippen LogP contribution in [0.3, 0.4) is 0 Å². The Labute approximate surface area is 150 Å². The fourth-order valence-corrected chi connectivity index (χ4v) is 0. The van der Waals surface area contributed by atoms with Gasteiger partial charge in [0.25, 0.3) is 0 Å². The van der Waals surface area contributed by atoms with Gasteiger partial charge in [-0.2, -0.15) is 39.5 Å². The maximum atomic E-state index is 10.7. The summed E-state index contributed by atoms with van der Waals surface area (Å²) in [4.78, 5) is 0. The zero-order chi connectivity index (χ0) is 21.0. The van der Waals surface area contributed by atoms with Gasteiger partial charge >= 0.3 is 36.0 Å². The zero-order valence-electron chi connectivity index (χ0n) is 10.7. The molecule has 0 aliphatic rings. The molecule has 0 atom stereocenters. The molecule has 0 fully saturated rings. The largest absolute Gasteiger partial charge is 3.00 e. The second-order valence-corrected chi connectivity index (χ2v) is 6.81. The van der Waals surface area contributed by atoms with Crippen LogP contribution in [0.25, 0.3) is 0 Å². The van der Waals surface area contributed by atoms with Gasteiger partial charge in [-0.1, -0.05) is 0 Å². The van der Waals surface area contributed by atoms with Crippen LogP contribution in [-0.4, -0.2) is 60.9 Å². The van der Waals surface area contributed by atoms with E-state index in [1.807, 2.05) is 0 Å². The van der Waals surface area contributed by atoms with Gasteiger partial charge in [-0.15, -0.1) is 0 Å². The van der Waals surface area contributed by atoms with Gasteiger partial charge in [0.1, 0.15) is 0 Å². The van der Waals surface area contributed by atoms with Crippen molar-refractivity contribution in [3.05, 3.63) is 0 Å². The predicted octanol–water partition coefficient (Wildman–Crippen LogP) is -0.673. The molecule has 0 spiro atoms. The van der Waals surface area contributed by atoms with E-state index in [0.717, 1.165) is 0 Å². The molecule has 10 nitrogen and oxygen atoms in total. The smallest absolute Gasteiger partial charge is 0.741 e. The molecule has 0 saturated carbocycles. The quantitative estimate of drug-likeness (QED) is 0.158. The normalized spacial score (nSPS) is 12.9. The molecule has 1 radical (unpaired) electrons. The van der Waals surface area contributed by atoms with Gasteiger partial charge in [0.2, 0.25) is 0 Å². The summed E-state index contributed by atoms with van der Waals surface area (Å²) in [5.41, 5.74) is -16.9. The Hall–Kier alpha value is -0.317. The molecule has 163 valence electrons. The average Bonchev–Trinajstić information content (AvgIpc) is 2.08. The summed E-state index contributed by atoms with van der Waals surface area (Å²) in [6.45, 7) is 0. The minimum absolute atomic E-state index is 0. The van der Waals surface area contributed by atoms with Gasteiger partial charge in [0.05, 0.1) is 0 Å². The van der Waals surface area contributed by atoms with Crippen LogP contribution >= 0.6 is 0 Å². The van der Waals surface area contributed by atoms with Crippen LogP contribution in [0.2, 0.25) is 0 Å². The third-order valence-corrected chi connectivity index (χ3v) is 2.55. The molecule has 0 aliphatic heterocycles. The van der Waals surface area contributed by atoms with E-state index in [1.165, 1.54) is 0 Å². The van der Waals surface area contributed by atoms with Crippen molar-refractivity contribution < 1.29 is 103 Å². The van der Waals surface area contributed by atoms with Crippen molar-refractivity contribution in [3.63, 3.8) is 0 Å². The predicted molar refractivity (Wildman–Crippen MR) is 50.9 cm³/mol. The number of rotatable bonds is 0. The summed E-state index contributed by atoms with van der Waals surface area (Å²) in [5.74, 6) is 0. The third-order valence-electron chi connectivity index (χ3n) is 0.850. The minimum atomic E-state index is -6.09. The fraction of sp³-hybridized carbons (Fsp3) is 1.00. The van der Waals surface area contributed by atoms with Gasteiger partial charge in [-0.05, 0) is 0 Å². The van der Waals surface area contributed by atoms with Crippen molar-refractivity contribution in [1.29, 1.82) is 0 Å². The molecule has 0 aromatic carbocycles. The number of hydrogen-bond acceptors (Lipinski definition) is 9. The Kier molecular flexibility index (Phi) is 15.3. The van der Waals surface area contributed by atoms with Crippen LogP contribution in [0.15, 0.2) is 0 Å². The van der Waals surface area contributed by atoms with Gasteiger partial charge in [-0.25, -0.2) is 25.3 Å². The summed E-state index contributed by atoms with van der Waals surface area (Å²) in [7, 11) is -18.3. The topological polar surface area (TPSA) is 203 Å². The van der Waals surface area contributed by atoms with E-state index >= 15 is 0 Å². The first-order valence-electron chi connectivity index (χ1n) is 3.81. The van der Waals surface area contributed by atoms with Gasteiger partial charge in [0.15, 0.2) is 30.4 Å². The van der Waals surface area contributed by atoms with E-state index in [1.54, 1.807) is 0 Å². The summed E-state index contributed by atoms with van der Waals surface area (Å²) < 4.78 is 177. The number of hydrogen-bond donors (Lipinski definition) is 0. The SMILES string of the molecule is O.O=S(=O)([O-])C(F)(F)F.O=S(=O)([O-])C(F)(F)F.O=S(=O)([O-])C(F)(F)F.[Ru+3]. The Morgan fingerprint density at radius 3 is 0.500 bits per heavy atom. The second kappa shape index (κ2) is 10.9. The van der Waals surface area contributed by atoms with Crippen molar-refractivity contribution in [2.24, 2.45) is 0 Å². The van der Waals surface area contributed by atoms with Gasteiger partial charge in [-0.3, -0.25) is 0 Å². The maximum Gasteiger partial charge on any atom is 3.00 e. The summed E-state index contributed by atoms with van der Waals surface area (Å²) >= 11 is 0. The maximum absolute atomic E-state index is 10.7. The molecule has 0 saturated heterocycles. The second-order valence-electron chi connectivity index (χ2n) is 2.70. The van der Waals surface area contributed by atoms with E-state index in [2.05, 4.69) is 0 Å². The monoisotopic (exact) mass is 567 g/mol. The van der Waals surface area contributed by atoms with Crippen molar-refractivity contribution in [2.45, 2.75) is 16.5 Å². The average molecular weight is 566 g/mol. The van der Waals surface area contributed by atoms with Crippen molar-refractivity contribution >= 4 is 30.4 Å². The Morgan fingerprint density at radius 2 is 0.500 bits per heavy atom. The molecule has 0 aromatic heterocycles. The Balaban J connectivity index is -0.0000000817. The first kappa shape index (κ1) is 36.6.